The molecule has 2 aliphatic heterocycles. The van der Waals surface area contributed by atoms with Crippen molar-refractivity contribution in [1.82, 2.24) is 0 Å². The van der Waals surface area contributed by atoms with Crippen LogP contribution in [0.5, 0.6) is 0 Å². The van der Waals surface area contributed by atoms with E-state index >= 15 is 0 Å². The van der Waals surface area contributed by atoms with Gasteiger partial charge < -0.3 is 24.4 Å². The Morgan fingerprint density at radius 1 is 1.14 bits per heavy atom. The molecule has 2 saturated carbocycles. The van der Waals surface area contributed by atoms with Crippen molar-refractivity contribution in [3.8, 4) is 0 Å². The van der Waals surface area contributed by atoms with Crippen LogP contribution in [0.4, 0.5) is 0 Å². The van der Waals surface area contributed by atoms with Gasteiger partial charge >= 0.3 is 0 Å². The average molecular weight is 298 g/mol. The van der Waals surface area contributed by atoms with E-state index in [2.05, 4.69) is 6.92 Å². The predicted molar refractivity (Wildman–Crippen MR) is 74.6 cm³/mol. The molecule has 0 amide bonds. The number of rotatable bonds is 1. The Hall–Kier alpha value is -0.200. The highest BCUT2D eigenvalue weighted by atomic mass is 16.7. The van der Waals surface area contributed by atoms with Gasteiger partial charge in [-0.25, -0.2) is 0 Å². The molecular weight excluding hydrogens is 272 g/mol. The van der Waals surface area contributed by atoms with Crippen molar-refractivity contribution in [2.75, 3.05) is 19.8 Å². The van der Waals surface area contributed by atoms with Crippen LogP contribution in [0.3, 0.4) is 0 Å². The zero-order chi connectivity index (χ0) is 14.9. The van der Waals surface area contributed by atoms with E-state index in [1.54, 1.807) is 0 Å². The third kappa shape index (κ3) is 1.59. The van der Waals surface area contributed by atoms with Gasteiger partial charge in [0, 0.05) is 18.3 Å². The van der Waals surface area contributed by atoms with Crippen LogP contribution >= 0.6 is 0 Å². The van der Waals surface area contributed by atoms with Crippen LogP contribution in [-0.2, 0) is 14.2 Å². The lowest BCUT2D eigenvalue weighted by Crippen LogP contribution is -2.65. The van der Waals surface area contributed by atoms with E-state index < -0.39 is 23.1 Å². The van der Waals surface area contributed by atoms with E-state index in [0.29, 0.717) is 19.1 Å². The second-order valence-electron chi connectivity index (χ2n) is 7.52. The van der Waals surface area contributed by atoms with Gasteiger partial charge in [-0.1, -0.05) is 6.92 Å². The third-order valence-corrected chi connectivity index (χ3v) is 6.77. The first-order chi connectivity index (χ1) is 9.98. The molecule has 2 bridgehead atoms. The summed E-state index contributed by atoms with van der Waals surface area (Å²) in [6.07, 6.45) is 3.25. The van der Waals surface area contributed by atoms with Crippen LogP contribution in [0, 0.1) is 17.8 Å². The van der Waals surface area contributed by atoms with Crippen molar-refractivity contribution in [3.05, 3.63) is 0 Å². The minimum Gasteiger partial charge on any atom is -0.393 e. The minimum absolute atomic E-state index is 0.00208. The highest BCUT2D eigenvalue weighted by Gasteiger charge is 2.72. The van der Waals surface area contributed by atoms with E-state index in [0.717, 1.165) is 25.7 Å². The lowest BCUT2D eigenvalue weighted by molar-refractivity contribution is -0.302. The maximum Gasteiger partial charge on any atom is 0.173 e. The Morgan fingerprint density at radius 2 is 1.86 bits per heavy atom. The zero-order valence-electron chi connectivity index (χ0n) is 12.9. The summed E-state index contributed by atoms with van der Waals surface area (Å²) in [5.41, 5.74) is -1.29. The van der Waals surface area contributed by atoms with E-state index in [-0.39, 0.29) is 18.4 Å². The van der Waals surface area contributed by atoms with Gasteiger partial charge in [-0.15, -0.1) is 0 Å². The summed E-state index contributed by atoms with van der Waals surface area (Å²) in [4.78, 5) is 0. The SMILES string of the molecule is CC1C2(CCC3CC[C@H]4[C@H](O)[C@]31O[C@]4(C)CO)OCCO2. The monoisotopic (exact) mass is 298 g/mol. The van der Waals surface area contributed by atoms with Crippen molar-refractivity contribution >= 4 is 0 Å². The summed E-state index contributed by atoms with van der Waals surface area (Å²) >= 11 is 0. The molecule has 2 N–H and O–H groups in total. The molecule has 4 fully saturated rings. The molecule has 0 aromatic heterocycles. The molecule has 2 spiro atoms. The molecule has 0 radical (unpaired) electrons. The number of fused-ring (bicyclic) bond motifs is 1. The van der Waals surface area contributed by atoms with Crippen LogP contribution in [0.25, 0.3) is 0 Å². The standard InChI is InChI=1S/C16H26O5/c1-10-15(19-7-8-20-15)6-5-11-3-4-12-13(18)16(10,11)21-14(12,2)9-17/h10-13,17-18H,3-9H2,1-2H3/t10?,11?,12-,13-,14+,16+/m0/s1. The summed E-state index contributed by atoms with van der Waals surface area (Å²) < 4.78 is 18.4. The molecule has 120 valence electrons. The highest BCUT2D eigenvalue weighted by Crippen LogP contribution is 2.63. The first-order valence-electron chi connectivity index (χ1n) is 8.25. The summed E-state index contributed by atoms with van der Waals surface area (Å²) in [7, 11) is 0. The summed E-state index contributed by atoms with van der Waals surface area (Å²) in [6, 6.07) is 0. The molecule has 2 saturated heterocycles. The summed E-state index contributed by atoms with van der Waals surface area (Å²) in [5, 5.41) is 20.8. The topological polar surface area (TPSA) is 68.2 Å². The van der Waals surface area contributed by atoms with E-state index in [9.17, 15) is 10.2 Å². The van der Waals surface area contributed by atoms with Crippen molar-refractivity contribution < 1.29 is 24.4 Å². The van der Waals surface area contributed by atoms with Gasteiger partial charge in [0.2, 0.25) is 0 Å². The van der Waals surface area contributed by atoms with Crippen LogP contribution in [0.2, 0.25) is 0 Å². The summed E-state index contributed by atoms with van der Waals surface area (Å²) in [6.45, 7) is 5.20. The van der Waals surface area contributed by atoms with Gasteiger partial charge in [0.15, 0.2) is 5.79 Å². The molecule has 0 aromatic rings. The Kier molecular flexibility index (Phi) is 3.03. The zero-order valence-corrected chi connectivity index (χ0v) is 12.9. The molecule has 21 heavy (non-hydrogen) atoms. The molecule has 0 aromatic carbocycles. The molecular formula is C16H26O5. The predicted octanol–water partition coefficient (Wildman–Crippen LogP) is 1.07. The van der Waals surface area contributed by atoms with Crippen LogP contribution < -0.4 is 0 Å². The van der Waals surface area contributed by atoms with Crippen LogP contribution in [-0.4, -0.2) is 53.1 Å². The minimum atomic E-state index is -0.653. The fourth-order valence-corrected chi connectivity index (χ4v) is 5.60. The number of hydrogen-bond acceptors (Lipinski definition) is 5. The number of aliphatic hydroxyl groups excluding tert-OH is 2. The molecule has 2 heterocycles. The lowest BCUT2D eigenvalue weighted by Gasteiger charge is -2.55. The maximum atomic E-state index is 11.0. The van der Waals surface area contributed by atoms with Crippen molar-refractivity contribution in [3.63, 3.8) is 0 Å². The molecule has 2 aliphatic carbocycles. The molecule has 5 nitrogen and oxygen atoms in total. The highest BCUT2D eigenvalue weighted by molar-refractivity contribution is 5.18. The van der Waals surface area contributed by atoms with Crippen LogP contribution in [0.15, 0.2) is 0 Å². The van der Waals surface area contributed by atoms with E-state index in [1.165, 1.54) is 0 Å². The smallest absolute Gasteiger partial charge is 0.173 e. The van der Waals surface area contributed by atoms with Crippen molar-refractivity contribution in [2.24, 2.45) is 17.8 Å². The molecule has 4 rings (SSSR count). The average Bonchev–Trinajstić information content (AvgIpc) is 2.99. The van der Waals surface area contributed by atoms with Gasteiger partial charge in [-0.05, 0) is 32.1 Å². The molecule has 4 aliphatic rings. The maximum absolute atomic E-state index is 11.0. The fourth-order valence-electron chi connectivity index (χ4n) is 5.60. The van der Waals surface area contributed by atoms with E-state index in [1.807, 2.05) is 6.92 Å². The normalized spacial score (nSPS) is 54.9. The number of aliphatic hydroxyl groups is 2. The quantitative estimate of drug-likeness (QED) is 0.758. The fraction of sp³-hybridized carbons (Fsp3) is 1.00. The molecule has 5 heteroatoms. The van der Waals surface area contributed by atoms with Gasteiger partial charge in [-0.3, -0.25) is 0 Å². The van der Waals surface area contributed by atoms with Gasteiger partial charge in [0.25, 0.3) is 0 Å². The second kappa shape index (κ2) is 4.42. The van der Waals surface area contributed by atoms with Crippen LogP contribution in [0.1, 0.15) is 39.5 Å². The Morgan fingerprint density at radius 3 is 2.52 bits per heavy atom. The van der Waals surface area contributed by atoms with Gasteiger partial charge in [-0.2, -0.15) is 0 Å². The molecule has 2 unspecified atom stereocenters. The van der Waals surface area contributed by atoms with Gasteiger partial charge in [0.05, 0.1) is 31.5 Å². The first-order valence-corrected chi connectivity index (χ1v) is 8.25. The van der Waals surface area contributed by atoms with Crippen molar-refractivity contribution in [2.45, 2.75) is 62.6 Å². The third-order valence-electron chi connectivity index (χ3n) is 6.77. The van der Waals surface area contributed by atoms with Crippen molar-refractivity contribution in [1.29, 1.82) is 0 Å². The summed E-state index contributed by atoms with van der Waals surface area (Å²) in [5.74, 6) is -0.319. The Labute approximate surface area is 125 Å². The largest absolute Gasteiger partial charge is 0.393 e. The lowest BCUT2D eigenvalue weighted by atomic mass is 9.57. The Bertz CT molecular complexity index is 434. The first kappa shape index (κ1) is 14.4. The molecule has 6 atom stereocenters. The Balaban J connectivity index is 1.77. The van der Waals surface area contributed by atoms with E-state index in [4.69, 9.17) is 14.2 Å². The number of hydrogen-bond donors (Lipinski definition) is 2. The number of ether oxygens (including phenoxy) is 3. The van der Waals surface area contributed by atoms with Gasteiger partial charge in [0.1, 0.15) is 5.60 Å². The second-order valence-corrected chi connectivity index (χ2v) is 7.52.